The van der Waals surface area contributed by atoms with Crippen molar-refractivity contribution >= 4 is 11.9 Å². The van der Waals surface area contributed by atoms with Crippen LogP contribution in [0.1, 0.15) is 28.8 Å². The van der Waals surface area contributed by atoms with Crippen LogP contribution in [0.4, 0.5) is 0 Å². The summed E-state index contributed by atoms with van der Waals surface area (Å²) in [5.41, 5.74) is -0.119. The first-order valence-electron chi connectivity index (χ1n) is 6.20. The van der Waals surface area contributed by atoms with Crippen LogP contribution in [0.5, 0.6) is 0 Å². The molecule has 0 atom stereocenters. The zero-order valence-electron chi connectivity index (χ0n) is 12.0. The highest BCUT2D eigenvalue weighted by molar-refractivity contribution is 5.90. The molecular weight excluding hydrogens is 268 g/mol. The van der Waals surface area contributed by atoms with Gasteiger partial charge in [-0.2, -0.15) is 0 Å². The Bertz CT molecular complexity index is 583. The van der Waals surface area contributed by atoms with Crippen molar-refractivity contribution in [1.29, 1.82) is 0 Å². The molecule has 1 rings (SSSR count). The smallest absolute Gasteiger partial charge is 0.337 e. The maximum Gasteiger partial charge on any atom is 0.337 e. The largest absolute Gasteiger partial charge is 0.468 e. The summed E-state index contributed by atoms with van der Waals surface area (Å²) in [6, 6.07) is 6.40. The number of hydrogen-bond donors (Lipinski definition) is 0. The molecule has 0 aromatic heterocycles. The van der Waals surface area contributed by atoms with E-state index in [1.54, 1.807) is 24.3 Å². The summed E-state index contributed by atoms with van der Waals surface area (Å²) in [6.45, 7) is 0. The molecule has 1 aromatic rings. The molecule has 4 nitrogen and oxygen atoms in total. The Balaban J connectivity index is 3.33. The molecule has 1 aromatic carbocycles. The summed E-state index contributed by atoms with van der Waals surface area (Å²) in [5, 5.41) is 0. The fourth-order valence-corrected chi connectivity index (χ4v) is 2.12. The maximum absolute atomic E-state index is 12.2. The summed E-state index contributed by atoms with van der Waals surface area (Å²) >= 11 is 0. The van der Waals surface area contributed by atoms with Crippen LogP contribution in [0, 0.1) is 24.7 Å². The normalized spacial score (nSPS) is 10.1. The van der Waals surface area contributed by atoms with Crippen LogP contribution in [-0.4, -0.2) is 26.2 Å². The highest BCUT2D eigenvalue weighted by Gasteiger charge is 2.40. The number of methoxy groups -OCH3 is 2. The monoisotopic (exact) mass is 284 g/mol. The molecule has 0 radical (unpaired) electrons. The van der Waals surface area contributed by atoms with Gasteiger partial charge in [0.2, 0.25) is 0 Å². The predicted molar refractivity (Wildman–Crippen MR) is 78.4 cm³/mol. The van der Waals surface area contributed by atoms with E-state index in [2.05, 4.69) is 16.6 Å². The lowest BCUT2D eigenvalue weighted by Gasteiger charge is -2.27. The van der Waals surface area contributed by atoms with Crippen molar-refractivity contribution in [2.75, 3.05) is 14.2 Å². The summed E-state index contributed by atoms with van der Waals surface area (Å²) < 4.78 is 9.48. The third-order valence-electron chi connectivity index (χ3n) is 3.24. The fourth-order valence-electron chi connectivity index (χ4n) is 2.12. The van der Waals surface area contributed by atoms with Gasteiger partial charge in [0.05, 0.1) is 19.8 Å². The van der Waals surface area contributed by atoms with Crippen molar-refractivity contribution in [2.24, 2.45) is 0 Å². The van der Waals surface area contributed by atoms with E-state index in [-0.39, 0.29) is 12.8 Å². The number of esters is 2. The maximum atomic E-state index is 12.2. The Morgan fingerprint density at radius 1 is 1.05 bits per heavy atom. The highest BCUT2D eigenvalue weighted by atomic mass is 16.5. The van der Waals surface area contributed by atoms with Gasteiger partial charge in [0, 0.05) is 12.8 Å². The number of rotatable bonds is 5. The van der Waals surface area contributed by atoms with E-state index < -0.39 is 17.4 Å². The second-order valence-electron chi connectivity index (χ2n) is 4.40. The van der Waals surface area contributed by atoms with Gasteiger partial charge in [0.1, 0.15) is 5.41 Å². The Hall–Kier alpha value is -2.72. The lowest BCUT2D eigenvalue weighted by atomic mass is 9.75. The molecule has 0 aliphatic heterocycles. The highest BCUT2D eigenvalue weighted by Crippen LogP contribution is 2.33. The molecule has 0 aliphatic carbocycles. The van der Waals surface area contributed by atoms with E-state index >= 15 is 0 Å². The molecule has 4 heteroatoms. The van der Waals surface area contributed by atoms with Crippen LogP contribution in [-0.2, 0) is 19.7 Å². The molecule has 0 saturated heterocycles. The second kappa shape index (κ2) is 7.17. The van der Waals surface area contributed by atoms with E-state index in [4.69, 9.17) is 17.6 Å². The SMILES string of the molecule is C#CCC(CC#C)(C(=O)OC)c1ccc(C(=O)OC)cc1. The van der Waals surface area contributed by atoms with Crippen molar-refractivity contribution in [3.05, 3.63) is 35.4 Å². The third-order valence-corrected chi connectivity index (χ3v) is 3.24. The number of benzene rings is 1. The van der Waals surface area contributed by atoms with Gasteiger partial charge in [-0.15, -0.1) is 24.7 Å². The molecule has 0 bridgehead atoms. The molecule has 0 saturated carbocycles. The molecular formula is C17H16O4. The summed E-state index contributed by atoms with van der Waals surface area (Å²) in [7, 11) is 2.58. The van der Waals surface area contributed by atoms with Crippen LogP contribution in [0.25, 0.3) is 0 Å². The Kier molecular flexibility index (Phi) is 5.57. The Labute approximate surface area is 124 Å². The lowest BCUT2D eigenvalue weighted by molar-refractivity contribution is -0.147. The molecule has 0 heterocycles. The topological polar surface area (TPSA) is 52.6 Å². The average Bonchev–Trinajstić information content (AvgIpc) is 2.53. The van der Waals surface area contributed by atoms with E-state index in [9.17, 15) is 9.59 Å². The van der Waals surface area contributed by atoms with Gasteiger partial charge in [-0.1, -0.05) is 12.1 Å². The van der Waals surface area contributed by atoms with Crippen LogP contribution < -0.4 is 0 Å². The number of carbonyl (C=O) groups excluding carboxylic acids is 2. The molecule has 0 unspecified atom stereocenters. The average molecular weight is 284 g/mol. The second-order valence-corrected chi connectivity index (χ2v) is 4.40. The first-order chi connectivity index (χ1) is 10.1. The number of carbonyl (C=O) groups is 2. The standard InChI is InChI=1S/C17H16O4/c1-5-11-17(12-6-2,16(19)21-4)14-9-7-13(8-10-14)15(18)20-3/h1-2,7-10H,11-12H2,3-4H3. The first kappa shape index (κ1) is 16.3. The number of hydrogen-bond acceptors (Lipinski definition) is 4. The minimum Gasteiger partial charge on any atom is -0.468 e. The zero-order valence-corrected chi connectivity index (χ0v) is 12.0. The minimum atomic E-state index is -1.10. The molecule has 0 amide bonds. The van der Waals surface area contributed by atoms with Gasteiger partial charge in [-0.05, 0) is 17.7 Å². The Morgan fingerprint density at radius 2 is 1.57 bits per heavy atom. The Morgan fingerprint density at radius 3 is 1.95 bits per heavy atom. The molecule has 0 N–H and O–H groups in total. The molecule has 0 fully saturated rings. The zero-order chi connectivity index (χ0) is 15.9. The van der Waals surface area contributed by atoms with E-state index in [1.807, 2.05) is 0 Å². The van der Waals surface area contributed by atoms with Gasteiger partial charge >= 0.3 is 11.9 Å². The van der Waals surface area contributed by atoms with Crippen LogP contribution in [0.15, 0.2) is 24.3 Å². The molecule has 0 aliphatic rings. The van der Waals surface area contributed by atoms with Crippen LogP contribution >= 0.6 is 0 Å². The fraction of sp³-hybridized carbons (Fsp3) is 0.294. The van der Waals surface area contributed by atoms with Gasteiger partial charge in [0.25, 0.3) is 0 Å². The van der Waals surface area contributed by atoms with E-state index in [0.717, 1.165) is 0 Å². The summed E-state index contributed by atoms with van der Waals surface area (Å²) in [4.78, 5) is 23.6. The van der Waals surface area contributed by atoms with Gasteiger partial charge in [-0.25, -0.2) is 4.79 Å². The first-order valence-corrected chi connectivity index (χ1v) is 6.20. The number of terminal acetylenes is 2. The summed E-state index contributed by atoms with van der Waals surface area (Å²) in [6.07, 6.45) is 11.0. The van der Waals surface area contributed by atoms with Gasteiger partial charge < -0.3 is 9.47 Å². The number of ether oxygens (including phenoxy) is 2. The van der Waals surface area contributed by atoms with Crippen LogP contribution in [0.3, 0.4) is 0 Å². The van der Waals surface area contributed by atoms with Crippen molar-refractivity contribution in [2.45, 2.75) is 18.3 Å². The molecule has 0 spiro atoms. The lowest BCUT2D eigenvalue weighted by Crippen LogP contribution is -2.36. The van der Waals surface area contributed by atoms with Crippen molar-refractivity contribution < 1.29 is 19.1 Å². The summed E-state index contributed by atoms with van der Waals surface area (Å²) in [5.74, 6) is 3.98. The predicted octanol–water partition coefficient (Wildman–Crippen LogP) is 1.93. The van der Waals surface area contributed by atoms with Crippen molar-refractivity contribution in [1.82, 2.24) is 0 Å². The van der Waals surface area contributed by atoms with Crippen LogP contribution in [0.2, 0.25) is 0 Å². The van der Waals surface area contributed by atoms with E-state index in [1.165, 1.54) is 14.2 Å². The molecule has 108 valence electrons. The van der Waals surface area contributed by atoms with Gasteiger partial charge in [0.15, 0.2) is 0 Å². The quantitative estimate of drug-likeness (QED) is 0.612. The van der Waals surface area contributed by atoms with E-state index in [0.29, 0.717) is 11.1 Å². The van der Waals surface area contributed by atoms with Crippen molar-refractivity contribution in [3.8, 4) is 24.7 Å². The van der Waals surface area contributed by atoms with Gasteiger partial charge in [-0.3, -0.25) is 4.79 Å². The third kappa shape index (κ3) is 3.24. The molecule has 21 heavy (non-hydrogen) atoms. The minimum absolute atomic E-state index is 0.113. The van der Waals surface area contributed by atoms with Crippen molar-refractivity contribution in [3.63, 3.8) is 0 Å².